The third-order valence-corrected chi connectivity index (χ3v) is 6.00. The molecule has 0 aromatic carbocycles. The van der Waals surface area contributed by atoms with Crippen LogP contribution >= 0.6 is 21.6 Å². The minimum absolute atomic E-state index is 0.0871. The second-order valence-electron chi connectivity index (χ2n) is 4.73. The Balaban J connectivity index is 2.15. The van der Waals surface area contributed by atoms with Crippen LogP contribution in [0.3, 0.4) is 0 Å². The Morgan fingerprint density at radius 2 is 2.38 bits per heavy atom. The minimum atomic E-state index is -0.489. The van der Waals surface area contributed by atoms with E-state index in [-0.39, 0.29) is 23.5 Å². The van der Waals surface area contributed by atoms with Crippen LogP contribution in [-0.2, 0) is 4.74 Å². The fourth-order valence-electron chi connectivity index (χ4n) is 2.11. The molecule has 2 heterocycles. The first-order chi connectivity index (χ1) is 10.1. The van der Waals surface area contributed by atoms with Gasteiger partial charge in [0.05, 0.1) is 12.7 Å². The Bertz CT molecular complexity index is 613. The number of aromatic amines is 1. The van der Waals surface area contributed by atoms with Gasteiger partial charge in [0.25, 0.3) is 5.56 Å². The Labute approximate surface area is 130 Å². The average Bonchev–Trinajstić information content (AvgIpc) is 2.86. The zero-order valence-electron chi connectivity index (χ0n) is 11.7. The maximum absolute atomic E-state index is 11.9. The maximum Gasteiger partial charge on any atom is 0.330 e. The fraction of sp³-hybridized carbons (Fsp3) is 0.538. The van der Waals surface area contributed by atoms with Crippen molar-refractivity contribution in [2.24, 2.45) is 0 Å². The Hall–Kier alpha value is -0.960. The lowest BCUT2D eigenvalue weighted by molar-refractivity contribution is -0.0238. The quantitative estimate of drug-likeness (QED) is 0.461. The van der Waals surface area contributed by atoms with E-state index in [0.717, 1.165) is 5.75 Å². The number of ether oxygens (including phenoxy) is 1. The highest BCUT2D eigenvalue weighted by Crippen LogP contribution is 2.40. The van der Waals surface area contributed by atoms with Crippen molar-refractivity contribution in [1.82, 2.24) is 9.55 Å². The summed E-state index contributed by atoms with van der Waals surface area (Å²) in [5.41, 5.74) is -0.423. The van der Waals surface area contributed by atoms with Crippen LogP contribution in [-0.4, -0.2) is 38.4 Å². The lowest BCUT2D eigenvalue weighted by Gasteiger charge is -2.15. The van der Waals surface area contributed by atoms with Gasteiger partial charge in [0.15, 0.2) is 0 Å². The van der Waals surface area contributed by atoms with E-state index in [1.165, 1.54) is 10.8 Å². The van der Waals surface area contributed by atoms with Gasteiger partial charge in [-0.05, 0) is 6.92 Å². The van der Waals surface area contributed by atoms with Gasteiger partial charge in [-0.25, -0.2) is 4.79 Å². The van der Waals surface area contributed by atoms with Crippen molar-refractivity contribution in [1.29, 1.82) is 0 Å². The molecule has 2 unspecified atom stereocenters. The molecule has 0 amide bonds. The van der Waals surface area contributed by atoms with Crippen molar-refractivity contribution in [2.75, 3.05) is 12.4 Å². The Kier molecular flexibility index (Phi) is 5.74. The number of nitrogens with one attached hydrogen (secondary N) is 1. The number of aliphatic hydroxyl groups is 1. The van der Waals surface area contributed by atoms with Crippen LogP contribution in [0.1, 0.15) is 18.2 Å². The predicted octanol–water partition coefficient (Wildman–Crippen LogP) is 1.06. The van der Waals surface area contributed by atoms with E-state index in [1.807, 2.05) is 6.08 Å². The highest BCUT2D eigenvalue weighted by atomic mass is 33.1. The van der Waals surface area contributed by atoms with Crippen molar-refractivity contribution in [2.45, 2.75) is 30.9 Å². The van der Waals surface area contributed by atoms with Crippen molar-refractivity contribution >= 4 is 21.6 Å². The van der Waals surface area contributed by atoms with Crippen molar-refractivity contribution in [3.05, 3.63) is 45.3 Å². The predicted molar refractivity (Wildman–Crippen MR) is 85.7 cm³/mol. The molecule has 1 aromatic heterocycles. The van der Waals surface area contributed by atoms with Crippen LogP contribution in [0.5, 0.6) is 0 Å². The molecule has 0 aliphatic carbocycles. The van der Waals surface area contributed by atoms with Gasteiger partial charge in [0, 0.05) is 29.2 Å². The zero-order valence-corrected chi connectivity index (χ0v) is 13.3. The van der Waals surface area contributed by atoms with Crippen molar-refractivity contribution < 1.29 is 9.84 Å². The van der Waals surface area contributed by atoms with E-state index in [0.29, 0.717) is 12.0 Å². The van der Waals surface area contributed by atoms with Crippen LogP contribution in [0.25, 0.3) is 0 Å². The number of aromatic nitrogens is 2. The standard InChI is InChI=1S/C13H18N2O4S2/c1-3-4-20-21-10-5-11(19-9(10)7-16)15-6-8(2)12(17)14-13(15)18/h3,6,9-11,16H,1,4-5,7H2,2H3,(H,14,17,18)/t9-,10?,11?/m1/s1. The van der Waals surface area contributed by atoms with Crippen LogP contribution < -0.4 is 11.2 Å². The number of hydrogen-bond acceptors (Lipinski definition) is 6. The van der Waals surface area contributed by atoms with Crippen LogP contribution in [0, 0.1) is 6.92 Å². The number of aliphatic hydroxyl groups excluding tert-OH is 1. The Morgan fingerprint density at radius 3 is 3.05 bits per heavy atom. The fourth-order valence-corrected chi connectivity index (χ4v) is 4.63. The average molecular weight is 330 g/mol. The highest BCUT2D eigenvalue weighted by Gasteiger charge is 2.36. The van der Waals surface area contributed by atoms with Gasteiger partial charge >= 0.3 is 5.69 Å². The monoisotopic (exact) mass is 330 g/mol. The molecule has 1 aliphatic heterocycles. The van der Waals surface area contributed by atoms with Gasteiger partial charge in [-0.2, -0.15) is 0 Å². The zero-order chi connectivity index (χ0) is 15.4. The number of rotatable bonds is 6. The molecule has 21 heavy (non-hydrogen) atoms. The second-order valence-corrected chi connectivity index (χ2v) is 7.39. The summed E-state index contributed by atoms with van der Waals surface area (Å²) in [6.45, 7) is 5.20. The molecule has 1 fully saturated rings. The largest absolute Gasteiger partial charge is 0.394 e. The van der Waals surface area contributed by atoms with Gasteiger partial charge in [0.1, 0.15) is 6.23 Å². The molecule has 1 aliphatic rings. The van der Waals surface area contributed by atoms with Crippen LogP contribution in [0.15, 0.2) is 28.4 Å². The molecule has 8 heteroatoms. The normalized spacial score (nSPS) is 25.1. The van der Waals surface area contributed by atoms with Gasteiger partial charge in [-0.3, -0.25) is 14.3 Å². The number of nitrogens with zero attached hydrogens (tertiary/aromatic N) is 1. The molecule has 6 nitrogen and oxygen atoms in total. The molecule has 116 valence electrons. The lowest BCUT2D eigenvalue weighted by atomic mass is 10.2. The molecular weight excluding hydrogens is 312 g/mol. The molecule has 1 saturated heterocycles. The summed E-state index contributed by atoms with van der Waals surface area (Å²) in [4.78, 5) is 25.5. The molecule has 1 aromatic rings. The molecule has 0 bridgehead atoms. The lowest BCUT2D eigenvalue weighted by Crippen LogP contribution is -2.33. The van der Waals surface area contributed by atoms with E-state index < -0.39 is 11.9 Å². The third-order valence-electron chi connectivity index (χ3n) is 3.19. The molecular formula is C13H18N2O4S2. The Morgan fingerprint density at radius 1 is 1.62 bits per heavy atom. The SMILES string of the molecule is C=CCSSC1CC(n2cc(C)c(=O)[nH]c2=O)O[C@@H]1CO. The van der Waals surface area contributed by atoms with Crippen molar-refractivity contribution in [3.63, 3.8) is 0 Å². The first-order valence-electron chi connectivity index (χ1n) is 6.54. The maximum atomic E-state index is 11.9. The van der Waals surface area contributed by atoms with Gasteiger partial charge in [0.2, 0.25) is 0 Å². The highest BCUT2D eigenvalue weighted by molar-refractivity contribution is 8.77. The molecule has 0 radical (unpaired) electrons. The number of H-pyrrole nitrogens is 1. The summed E-state index contributed by atoms with van der Waals surface area (Å²) < 4.78 is 7.13. The number of aryl methyl sites for hydroxylation is 1. The minimum Gasteiger partial charge on any atom is -0.394 e. The van der Waals surface area contributed by atoms with Gasteiger partial charge in [-0.15, -0.1) is 6.58 Å². The van der Waals surface area contributed by atoms with Gasteiger partial charge < -0.3 is 9.84 Å². The van der Waals surface area contributed by atoms with E-state index >= 15 is 0 Å². The molecule has 3 atom stereocenters. The molecule has 2 rings (SSSR count). The van der Waals surface area contributed by atoms with E-state index in [2.05, 4.69) is 11.6 Å². The number of hydrogen-bond donors (Lipinski definition) is 2. The van der Waals surface area contributed by atoms with E-state index in [1.54, 1.807) is 28.5 Å². The summed E-state index contributed by atoms with van der Waals surface area (Å²) >= 11 is 0. The third kappa shape index (κ3) is 3.82. The topological polar surface area (TPSA) is 84.3 Å². The molecule has 0 saturated carbocycles. The van der Waals surface area contributed by atoms with Gasteiger partial charge in [-0.1, -0.05) is 27.7 Å². The van der Waals surface area contributed by atoms with Crippen LogP contribution in [0.2, 0.25) is 0 Å². The first kappa shape index (κ1) is 16.4. The summed E-state index contributed by atoms with van der Waals surface area (Å²) in [5.74, 6) is 0.807. The smallest absolute Gasteiger partial charge is 0.330 e. The molecule has 0 spiro atoms. The van der Waals surface area contributed by atoms with Crippen LogP contribution in [0.4, 0.5) is 0 Å². The summed E-state index contributed by atoms with van der Waals surface area (Å²) in [6, 6.07) is 0. The summed E-state index contributed by atoms with van der Waals surface area (Å²) in [6.07, 6.45) is 3.13. The second kappa shape index (κ2) is 7.35. The summed E-state index contributed by atoms with van der Waals surface area (Å²) in [5, 5.41) is 9.50. The first-order valence-corrected chi connectivity index (χ1v) is 8.92. The molecule has 2 N–H and O–H groups in total. The van der Waals surface area contributed by atoms with Crippen molar-refractivity contribution in [3.8, 4) is 0 Å². The van der Waals surface area contributed by atoms with E-state index in [4.69, 9.17) is 4.74 Å². The van der Waals surface area contributed by atoms with E-state index in [9.17, 15) is 14.7 Å². The summed E-state index contributed by atoms with van der Waals surface area (Å²) in [7, 11) is 3.26.